The molecule has 0 radical (unpaired) electrons. The Bertz CT molecular complexity index is 1260. The van der Waals surface area contributed by atoms with E-state index < -0.39 is 31.6 Å². The smallest absolute Gasteiger partial charge is 0.243 e. The van der Waals surface area contributed by atoms with Crippen molar-refractivity contribution in [3.8, 4) is 0 Å². The molecule has 0 bridgehead atoms. The molecule has 2 aromatic rings. The minimum atomic E-state index is -3.79. The Labute approximate surface area is 210 Å². The number of hydrogen-bond donors (Lipinski definition) is 0. The number of halogens is 2. The maximum absolute atomic E-state index is 14.1. The molecule has 0 spiro atoms. The summed E-state index contributed by atoms with van der Waals surface area (Å²) in [5.74, 6) is -1.62. The first-order valence-corrected chi connectivity index (χ1v) is 14.8. The Kier molecular flexibility index (Phi) is 7.82. The number of benzene rings is 2. The third kappa shape index (κ3) is 5.69. The van der Waals surface area contributed by atoms with E-state index in [1.54, 1.807) is 35.2 Å². The van der Waals surface area contributed by atoms with Crippen LogP contribution in [-0.4, -0.2) is 75.5 Å². The maximum atomic E-state index is 14.1. The number of carbonyl (C=O) groups is 1. The predicted molar refractivity (Wildman–Crippen MR) is 130 cm³/mol. The van der Waals surface area contributed by atoms with Gasteiger partial charge in [-0.3, -0.25) is 4.79 Å². The molecule has 2 heterocycles. The Hall–Kier alpha value is -2.05. The highest BCUT2D eigenvalue weighted by atomic mass is 35.5. The van der Waals surface area contributed by atoms with Crippen LogP contribution < -0.4 is 0 Å². The van der Waals surface area contributed by atoms with Gasteiger partial charge in [0.1, 0.15) is 5.82 Å². The Morgan fingerprint density at radius 3 is 2.09 bits per heavy atom. The van der Waals surface area contributed by atoms with Crippen molar-refractivity contribution in [2.75, 3.05) is 39.3 Å². The van der Waals surface area contributed by atoms with Crippen LogP contribution in [0.25, 0.3) is 0 Å². The molecule has 2 fully saturated rings. The molecule has 0 aromatic heterocycles. The van der Waals surface area contributed by atoms with Crippen molar-refractivity contribution >= 4 is 37.6 Å². The van der Waals surface area contributed by atoms with Gasteiger partial charge in [-0.25, -0.2) is 25.5 Å². The summed E-state index contributed by atoms with van der Waals surface area (Å²) in [6.07, 6.45) is 0.706. The van der Waals surface area contributed by atoms with Crippen molar-refractivity contribution in [1.82, 2.24) is 13.5 Å². The van der Waals surface area contributed by atoms with Crippen LogP contribution in [0, 0.1) is 11.7 Å². The zero-order valence-electron chi connectivity index (χ0n) is 19.0. The minimum Gasteiger partial charge on any atom is -0.340 e. The number of piperidine rings is 1. The number of hydrogen-bond acceptors (Lipinski definition) is 5. The Morgan fingerprint density at radius 2 is 1.49 bits per heavy atom. The molecular formula is C23H27ClFN3O5S2. The zero-order chi connectivity index (χ0) is 25.2. The second-order valence-corrected chi connectivity index (χ2v) is 13.0. The predicted octanol–water partition coefficient (Wildman–Crippen LogP) is 2.55. The number of carbonyl (C=O) groups excluding carboxylic acids is 1. The molecule has 0 aliphatic carbocycles. The molecule has 35 heavy (non-hydrogen) atoms. The summed E-state index contributed by atoms with van der Waals surface area (Å²) in [6.45, 7) is 1.31. The van der Waals surface area contributed by atoms with Gasteiger partial charge in [0, 0.05) is 55.8 Å². The van der Waals surface area contributed by atoms with Gasteiger partial charge in [0.2, 0.25) is 26.0 Å². The molecule has 2 aliphatic heterocycles. The summed E-state index contributed by atoms with van der Waals surface area (Å²) in [6, 6.07) is 12.2. The van der Waals surface area contributed by atoms with Crippen LogP contribution in [0.5, 0.6) is 0 Å². The van der Waals surface area contributed by atoms with Gasteiger partial charge in [0.05, 0.1) is 10.6 Å². The Morgan fingerprint density at radius 1 is 0.857 bits per heavy atom. The number of nitrogens with zero attached hydrogens (tertiary/aromatic N) is 3. The van der Waals surface area contributed by atoms with Crippen molar-refractivity contribution in [3.63, 3.8) is 0 Å². The SMILES string of the molecule is O=C(C1CCN(S(=O)(=O)Cc2c(F)cccc2Cl)CC1)N1CCN(S(=O)(=O)c2ccccc2)CC1. The lowest BCUT2D eigenvalue weighted by Gasteiger charge is -2.38. The van der Waals surface area contributed by atoms with E-state index in [1.807, 2.05) is 0 Å². The van der Waals surface area contributed by atoms with Gasteiger partial charge < -0.3 is 4.90 Å². The first-order valence-electron chi connectivity index (χ1n) is 11.3. The van der Waals surface area contributed by atoms with E-state index in [9.17, 15) is 26.0 Å². The molecule has 190 valence electrons. The van der Waals surface area contributed by atoms with Crippen LogP contribution in [-0.2, 0) is 30.6 Å². The average Bonchev–Trinajstić information content (AvgIpc) is 2.86. The summed E-state index contributed by atoms with van der Waals surface area (Å²) in [4.78, 5) is 14.9. The summed E-state index contributed by atoms with van der Waals surface area (Å²) in [5.41, 5.74) is -0.0595. The Balaban J connectivity index is 1.31. The first kappa shape index (κ1) is 26.0. The molecule has 2 saturated heterocycles. The van der Waals surface area contributed by atoms with Gasteiger partial charge in [-0.05, 0) is 37.1 Å². The highest BCUT2D eigenvalue weighted by Gasteiger charge is 2.36. The quantitative estimate of drug-likeness (QED) is 0.558. The highest BCUT2D eigenvalue weighted by Crippen LogP contribution is 2.27. The van der Waals surface area contributed by atoms with Gasteiger partial charge in [0.15, 0.2) is 0 Å². The van der Waals surface area contributed by atoms with E-state index in [1.165, 1.54) is 26.8 Å². The van der Waals surface area contributed by atoms with Crippen LogP contribution in [0.4, 0.5) is 4.39 Å². The van der Waals surface area contributed by atoms with Gasteiger partial charge in [-0.2, -0.15) is 4.31 Å². The van der Waals surface area contributed by atoms with E-state index in [0.29, 0.717) is 12.8 Å². The van der Waals surface area contributed by atoms with Crippen LogP contribution >= 0.6 is 11.6 Å². The number of piperazine rings is 1. The maximum Gasteiger partial charge on any atom is 0.243 e. The lowest BCUT2D eigenvalue weighted by atomic mass is 9.96. The summed E-state index contributed by atoms with van der Waals surface area (Å²) in [7, 11) is -7.40. The molecule has 4 rings (SSSR count). The van der Waals surface area contributed by atoms with E-state index in [-0.39, 0.29) is 66.6 Å². The molecule has 12 heteroatoms. The van der Waals surface area contributed by atoms with Gasteiger partial charge >= 0.3 is 0 Å². The summed E-state index contributed by atoms with van der Waals surface area (Å²) >= 11 is 5.98. The zero-order valence-corrected chi connectivity index (χ0v) is 21.4. The lowest BCUT2D eigenvalue weighted by molar-refractivity contribution is -0.137. The number of sulfonamides is 2. The summed E-state index contributed by atoms with van der Waals surface area (Å²) in [5, 5.41) is 0.0621. The molecule has 2 aromatic carbocycles. The third-order valence-electron chi connectivity index (χ3n) is 6.52. The second-order valence-electron chi connectivity index (χ2n) is 8.67. The third-order valence-corrected chi connectivity index (χ3v) is 10.6. The number of amides is 1. The summed E-state index contributed by atoms with van der Waals surface area (Å²) < 4.78 is 68.0. The molecule has 0 saturated carbocycles. The van der Waals surface area contributed by atoms with Gasteiger partial charge in [-0.15, -0.1) is 0 Å². The standard InChI is InChI=1S/C23H27ClFN3O5S2/c24-21-7-4-8-22(25)20(21)17-34(30,31)27-11-9-18(10-12-27)23(29)26-13-15-28(16-14-26)35(32,33)19-5-2-1-3-6-19/h1-8,18H,9-17H2. The van der Waals surface area contributed by atoms with Gasteiger partial charge in [-0.1, -0.05) is 35.9 Å². The van der Waals surface area contributed by atoms with E-state index >= 15 is 0 Å². The van der Waals surface area contributed by atoms with Crippen molar-refractivity contribution < 1.29 is 26.0 Å². The van der Waals surface area contributed by atoms with Crippen LogP contribution in [0.1, 0.15) is 18.4 Å². The van der Waals surface area contributed by atoms with E-state index in [0.717, 1.165) is 0 Å². The fraction of sp³-hybridized carbons (Fsp3) is 0.435. The lowest BCUT2D eigenvalue weighted by Crippen LogP contribution is -2.53. The van der Waals surface area contributed by atoms with E-state index in [4.69, 9.17) is 11.6 Å². The number of rotatable bonds is 6. The largest absolute Gasteiger partial charge is 0.340 e. The molecule has 0 N–H and O–H groups in total. The van der Waals surface area contributed by atoms with Crippen molar-refractivity contribution in [1.29, 1.82) is 0 Å². The fourth-order valence-corrected chi connectivity index (χ4v) is 7.83. The fourth-order valence-electron chi connectivity index (χ4n) is 4.47. The second kappa shape index (κ2) is 10.5. The van der Waals surface area contributed by atoms with E-state index in [2.05, 4.69) is 0 Å². The minimum absolute atomic E-state index is 0.0595. The molecule has 0 unspecified atom stereocenters. The van der Waals surface area contributed by atoms with Crippen LogP contribution in [0.2, 0.25) is 5.02 Å². The van der Waals surface area contributed by atoms with Crippen LogP contribution in [0.3, 0.4) is 0 Å². The highest BCUT2D eigenvalue weighted by molar-refractivity contribution is 7.89. The van der Waals surface area contributed by atoms with Crippen molar-refractivity contribution in [2.24, 2.45) is 5.92 Å². The molecule has 0 atom stereocenters. The molecule has 8 nitrogen and oxygen atoms in total. The monoisotopic (exact) mass is 543 g/mol. The normalized spacial score (nSPS) is 19.1. The molecule has 2 aliphatic rings. The molecular weight excluding hydrogens is 517 g/mol. The van der Waals surface area contributed by atoms with Crippen molar-refractivity contribution in [3.05, 3.63) is 64.9 Å². The van der Waals surface area contributed by atoms with Crippen molar-refractivity contribution in [2.45, 2.75) is 23.5 Å². The topological polar surface area (TPSA) is 95.1 Å². The average molecular weight is 544 g/mol. The first-order chi connectivity index (χ1) is 16.6. The molecule has 1 amide bonds. The van der Waals surface area contributed by atoms with Crippen LogP contribution in [0.15, 0.2) is 53.4 Å². The van der Waals surface area contributed by atoms with Gasteiger partial charge in [0.25, 0.3) is 0 Å².